The number of hydrogen-bond donors (Lipinski definition) is 2. The zero-order valence-electron chi connectivity index (χ0n) is 12.8. The van der Waals surface area contributed by atoms with Gasteiger partial charge in [0.25, 0.3) is 0 Å². The molecular formula is C18H16N4O2. The third-order valence-corrected chi connectivity index (χ3v) is 3.26. The van der Waals surface area contributed by atoms with Gasteiger partial charge in [0, 0.05) is 23.5 Å². The molecule has 3 aromatic rings. The summed E-state index contributed by atoms with van der Waals surface area (Å²) in [6.45, 7) is 0.425. The van der Waals surface area contributed by atoms with Gasteiger partial charge in [0.1, 0.15) is 6.61 Å². The summed E-state index contributed by atoms with van der Waals surface area (Å²) in [7, 11) is 0. The second-order valence-corrected chi connectivity index (χ2v) is 5.06. The number of primary amides is 1. The maximum absolute atomic E-state index is 11.2. The molecule has 0 fully saturated rings. The second kappa shape index (κ2) is 7.23. The Morgan fingerprint density at radius 2 is 1.92 bits per heavy atom. The number of rotatable bonds is 6. The van der Waals surface area contributed by atoms with E-state index in [2.05, 4.69) is 15.3 Å². The Morgan fingerprint density at radius 1 is 1.08 bits per heavy atom. The van der Waals surface area contributed by atoms with E-state index in [-0.39, 0.29) is 0 Å². The third-order valence-electron chi connectivity index (χ3n) is 3.26. The number of nitrogens with one attached hydrogen (secondary N) is 1. The minimum Gasteiger partial charge on any atom is -0.473 e. The van der Waals surface area contributed by atoms with Crippen LogP contribution in [0.5, 0.6) is 5.88 Å². The fourth-order valence-electron chi connectivity index (χ4n) is 2.09. The molecule has 0 aliphatic heterocycles. The highest BCUT2D eigenvalue weighted by Crippen LogP contribution is 2.17. The van der Waals surface area contributed by atoms with Crippen molar-refractivity contribution in [3.05, 3.63) is 78.0 Å². The molecule has 1 amide bonds. The molecule has 120 valence electrons. The van der Waals surface area contributed by atoms with Gasteiger partial charge in [-0.15, -0.1) is 0 Å². The lowest BCUT2D eigenvalue weighted by atomic mass is 10.2. The van der Waals surface area contributed by atoms with Gasteiger partial charge in [0.05, 0.1) is 0 Å². The van der Waals surface area contributed by atoms with Gasteiger partial charge in [-0.05, 0) is 23.8 Å². The molecule has 0 radical (unpaired) electrons. The summed E-state index contributed by atoms with van der Waals surface area (Å²) in [6, 6.07) is 18.3. The van der Waals surface area contributed by atoms with Gasteiger partial charge < -0.3 is 15.8 Å². The first-order valence-electron chi connectivity index (χ1n) is 7.37. The maximum Gasteiger partial charge on any atom is 0.248 e. The molecule has 3 rings (SSSR count). The number of carbonyl (C=O) groups is 1. The van der Waals surface area contributed by atoms with Crippen molar-refractivity contribution in [2.45, 2.75) is 6.61 Å². The molecule has 6 nitrogen and oxygen atoms in total. The van der Waals surface area contributed by atoms with E-state index in [4.69, 9.17) is 10.5 Å². The summed E-state index contributed by atoms with van der Waals surface area (Å²) < 4.78 is 5.67. The molecule has 0 spiro atoms. The van der Waals surface area contributed by atoms with Crippen LogP contribution in [0.3, 0.4) is 0 Å². The largest absolute Gasteiger partial charge is 0.473 e. The van der Waals surface area contributed by atoms with E-state index in [0.29, 0.717) is 29.7 Å². The first-order valence-corrected chi connectivity index (χ1v) is 7.37. The molecule has 0 bridgehead atoms. The summed E-state index contributed by atoms with van der Waals surface area (Å²) in [5, 5.41) is 3.03. The topological polar surface area (TPSA) is 90.1 Å². The first-order chi connectivity index (χ1) is 11.7. The van der Waals surface area contributed by atoms with Crippen molar-refractivity contribution >= 4 is 17.5 Å². The minimum atomic E-state index is -0.487. The van der Waals surface area contributed by atoms with Crippen molar-refractivity contribution in [2.24, 2.45) is 5.73 Å². The van der Waals surface area contributed by atoms with E-state index in [1.807, 2.05) is 30.3 Å². The summed E-state index contributed by atoms with van der Waals surface area (Å²) in [5.41, 5.74) is 7.42. The van der Waals surface area contributed by atoms with Crippen molar-refractivity contribution < 1.29 is 9.53 Å². The number of amides is 1. The van der Waals surface area contributed by atoms with Crippen molar-refractivity contribution in [3.63, 3.8) is 0 Å². The Labute approximate surface area is 139 Å². The van der Waals surface area contributed by atoms with Gasteiger partial charge in [-0.25, -0.2) is 4.98 Å². The number of ether oxygens (including phenoxy) is 1. The van der Waals surface area contributed by atoms with Gasteiger partial charge in [-0.1, -0.05) is 36.4 Å². The predicted molar refractivity (Wildman–Crippen MR) is 91.0 cm³/mol. The second-order valence-electron chi connectivity index (χ2n) is 5.06. The van der Waals surface area contributed by atoms with Gasteiger partial charge in [0.15, 0.2) is 0 Å². The number of nitrogens with two attached hydrogens (primary N) is 1. The van der Waals surface area contributed by atoms with Crippen LogP contribution >= 0.6 is 0 Å². The van der Waals surface area contributed by atoms with Crippen LogP contribution in [0.4, 0.5) is 11.6 Å². The normalized spacial score (nSPS) is 10.2. The number of hydrogen-bond acceptors (Lipinski definition) is 5. The van der Waals surface area contributed by atoms with E-state index < -0.39 is 5.91 Å². The van der Waals surface area contributed by atoms with E-state index in [0.717, 1.165) is 5.56 Å². The summed E-state index contributed by atoms with van der Waals surface area (Å²) in [4.78, 5) is 19.7. The molecule has 0 atom stereocenters. The van der Waals surface area contributed by atoms with Crippen LogP contribution in [0.15, 0.2) is 66.9 Å². The van der Waals surface area contributed by atoms with Crippen LogP contribution in [-0.4, -0.2) is 15.9 Å². The number of benzene rings is 2. The Hall–Kier alpha value is -3.41. The zero-order valence-corrected chi connectivity index (χ0v) is 12.8. The molecule has 1 aromatic heterocycles. The van der Waals surface area contributed by atoms with Gasteiger partial charge in [-0.2, -0.15) is 4.98 Å². The lowest BCUT2D eigenvalue weighted by molar-refractivity contribution is 0.100. The van der Waals surface area contributed by atoms with Crippen molar-refractivity contribution in [3.8, 4) is 5.88 Å². The molecule has 1 heterocycles. The van der Waals surface area contributed by atoms with Crippen molar-refractivity contribution in [1.82, 2.24) is 9.97 Å². The summed E-state index contributed by atoms with van der Waals surface area (Å²) >= 11 is 0. The molecule has 0 aliphatic rings. The van der Waals surface area contributed by atoms with Gasteiger partial charge in [0.2, 0.25) is 17.7 Å². The molecule has 2 aromatic carbocycles. The average Bonchev–Trinajstić information content (AvgIpc) is 2.61. The van der Waals surface area contributed by atoms with E-state index in [9.17, 15) is 4.79 Å². The van der Waals surface area contributed by atoms with Crippen LogP contribution in [0.25, 0.3) is 0 Å². The Kier molecular flexibility index (Phi) is 4.67. The summed E-state index contributed by atoms with van der Waals surface area (Å²) in [5.74, 6) is 0.351. The fraction of sp³-hybridized carbons (Fsp3) is 0.0556. The molecule has 0 aliphatic carbocycles. The number of anilines is 2. The Bertz CT molecular complexity index is 837. The SMILES string of the molecule is NC(=O)c1cccc(Nc2nccc(OCc3ccccc3)n2)c1. The Morgan fingerprint density at radius 3 is 2.71 bits per heavy atom. The number of nitrogens with zero attached hydrogens (tertiary/aromatic N) is 2. The maximum atomic E-state index is 11.2. The van der Waals surface area contributed by atoms with Crippen molar-refractivity contribution in [2.75, 3.05) is 5.32 Å². The number of aromatic nitrogens is 2. The standard InChI is InChI=1S/C18H16N4O2/c19-17(23)14-7-4-8-15(11-14)21-18-20-10-9-16(22-18)24-12-13-5-2-1-3-6-13/h1-11H,12H2,(H2,19,23)(H,20,21,22). The molecule has 0 unspecified atom stereocenters. The molecular weight excluding hydrogens is 304 g/mol. The number of carbonyl (C=O) groups excluding carboxylic acids is 1. The quantitative estimate of drug-likeness (QED) is 0.729. The van der Waals surface area contributed by atoms with Gasteiger partial charge in [-0.3, -0.25) is 4.79 Å². The fourth-order valence-corrected chi connectivity index (χ4v) is 2.09. The molecule has 0 saturated heterocycles. The van der Waals surface area contributed by atoms with E-state index in [1.54, 1.807) is 36.5 Å². The smallest absolute Gasteiger partial charge is 0.248 e. The highest BCUT2D eigenvalue weighted by molar-refractivity contribution is 5.93. The first kappa shape index (κ1) is 15.5. The monoisotopic (exact) mass is 320 g/mol. The van der Waals surface area contributed by atoms with Gasteiger partial charge >= 0.3 is 0 Å². The zero-order chi connectivity index (χ0) is 16.8. The molecule has 3 N–H and O–H groups in total. The molecule has 24 heavy (non-hydrogen) atoms. The predicted octanol–water partition coefficient (Wildman–Crippen LogP) is 2.90. The van der Waals surface area contributed by atoms with Crippen LogP contribution < -0.4 is 15.8 Å². The van der Waals surface area contributed by atoms with Crippen LogP contribution in [-0.2, 0) is 6.61 Å². The van der Waals surface area contributed by atoms with Crippen LogP contribution in [0.2, 0.25) is 0 Å². The minimum absolute atomic E-state index is 0.377. The van der Waals surface area contributed by atoms with Crippen LogP contribution in [0.1, 0.15) is 15.9 Å². The Balaban J connectivity index is 1.69. The van der Waals surface area contributed by atoms with Crippen LogP contribution in [0, 0.1) is 0 Å². The molecule has 6 heteroatoms. The highest BCUT2D eigenvalue weighted by atomic mass is 16.5. The lowest BCUT2D eigenvalue weighted by Gasteiger charge is -2.08. The average molecular weight is 320 g/mol. The third kappa shape index (κ3) is 4.07. The van der Waals surface area contributed by atoms with Crippen molar-refractivity contribution in [1.29, 1.82) is 0 Å². The summed E-state index contributed by atoms with van der Waals surface area (Å²) in [6.07, 6.45) is 1.60. The van der Waals surface area contributed by atoms with E-state index >= 15 is 0 Å². The molecule has 0 saturated carbocycles. The van der Waals surface area contributed by atoms with E-state index in [1.165, 1.54) is 0 Å². The lowest BCUT2D eigenvalue weighted by Crippen LogP contribution is -2.11. The highest BCUT2D eigenvalue weighted by Gasteiger charge is 2.04.